The van der Waals surface area contributed by atoms with Crippen molar-refractivity contribution in [3.63, 3.8) is 0 Å². The van der Waals surface area contributed by atoms with Crippen LogP contribution in [0.1, 0.15) is 0 Å². The number of halogens is 1. The second-order valence-corrected chi connectivity index (χ2v) is 5.34. The lowest BCUT2D eigenvalue weighted by Gasteiger charge is -2.39. The fourth-order valence-corrected chi connectivity index (χ4v) is 2.64. The number of hydrogen-bond donors (Lipinski definition) is 4. The molecule has 0 spiro atoms. The molecule has 1 fully saturated rings. The predicted octanol–water partition coefficient (Wildman–Crippen LogP) is 0.525. The zero-order valence-corrected chi connectivity index (χ0v) is 12.2. The first kappa shape index (κ1) is 15.5. The SMILES string of the molecule is O[C@@H]1[C@@H](Oc2cc3ccccc3[nH]2)[C@H](O)[C@@H](COCl)O[C@H]1O. The van der Waals surface area contributed by atoms with Crippen LogP contribution in [0.15, 0.2) is 30.3 Å². The molecule has 0 bridgehead atoms. The highest BCUT2D eigenvalue weighted by molar-refractivity contribution is 6.07. The molecule has 2 heterocycles. The number of fused-ring (bicyclic) bond motifs is 1. The van der Waals surface area contributed by atoms with Gasteiger partial charge < -0.3 is 29.8 Å². The summed E-state index contributed by atoms with van der Waals surface area (Å²) in [6, 6.07) is 9.27. The van der Waals surface area contributed by atoms with E-state index in [4.69, 9.17) is 21.3 Å². The molecule has 22 heavy (non-hydrogen) atoms. The minimum Gasteiger partial charge on any atom is -0.470 e. The van der Waals surface area contributed by atoms with Crippen LogP contribution in [-0.2, 0) is 9.03 Å². The van der Waals surface area contributed by atoms with Gasteiger partial charge in [0.05, 0.1) is 18.5 Å². The Morgan fingerprint density at radius 2 is 1.95 bits per heavy atom. The molecular weight excluding hydrogens is 314 g/mol. The molecule has 5 atom stereocenters. The topological polar surface area (TPSA) is 104 Å². The Bertz CT molecular complexity index is 602. The van der Waals surface area contributed by atoms with E-state index in [2.05, 4.69) is 9.27 Å². The molecule has 120 valence electrons. The van der Waals surface area contributed by atoms with E-state index in [-0.39, 0.29) is 6.61 Å². The van der Waals surface area contributed by atoms with E-state index in [0.717, 1.165) is 10.9 Å². The molecule has 0 unspecified atom stereocenters. The first-order valence-corrected chi connectivity index (χ1v) is 7.08. The summed E-state index contributed by atoms with van der Waals surface area (Å²) < 4.78 is 15.1. The van der Waals surface area contributed by atoms with Crippen molar-refractivity contribution < 1.29 is 29.1 Å². The Kier molecular flexibility index (Phi) is 4.53. The Labute approximate surface area is 131 Å². The summed E-state index contributed by atoms with van der Waals surface area (Å²) in [6.45, 7) is -0.154. The number of aromatic nitrogens is 1. The maximum absolute atomic E-state index is 10.2. The van der Waals surface area contributed by atoms with Crippen LogP contribution in [0.5, 0.6) is 5.88 Å². The number of para-hydroxylation sites is 1. The van der Waals surface area contributed by atoms with Crippen LogP contribution in [0, 0.1) is 0 Å². The molecule has 8 heteroatoms. The molecule has 7 nitrogen and oxygen atoms in total. The van der Waals surface area contributed by atoms with Crippen molar-refractivity contribution in [2.24, 2.45) is 0 Å². The van der Waals surface area contributed by atoms with E-state index in [1.54, 1.807) is 6.07 Å². The molecule has 0 radical (unpaired) electrons. The highest BCUT2D eigenvalue weighted by Gasteiger charge is 2.45. The van der Waals surface area contributed by atoms with Gasteiger partial charge in [-0.15, -0.1) is 0 Å². The van der Waals surface area contributed by atoms with Crippen molar-refractivity contribution in [3.8, 4) is 5.88 Å². The van der Waals surface area contributed by atoms with Gasteiger partial charge in [0, 0.05) is 17.0 Å². The van der Waals surface area contributed by atoms with Crippen molar-refractivity contribution in [1.82, 2.24) is 4.98 Å². The lowest BCUT2D eigenvalue weighted by molar-refractivity contribution is -0.280. The lowest BCUT2D eigenvalue weighted by atomic mass is 9.99. The summed E-state index contributed by atoms with van der Waals surface area (Å²) in [4.78, 5) is 3.02. The summed E-state index contributed by atoms with van der Waals surface area (Å²) in [5.74, 6) is 0.365. The minimum atomic E-state index is -1.51. The van der Waals surface area contributed by atoms with Gasteiger partial charge in [-0.2, -0.15) is 0 Å². The second-order valence-electron chi connectivity index (χ2n) is 5.13. The smallest absolute Gasteiger partial charge is 0.192 e. The van der Waals surface area contributed by atoms with E-state index < -0.39 is 30.7 Å². The van der Waals surface area contributed by atoms with Crippen molar-refractivity contribution in [2.75, 3.05) is 6.61 Å². The normalized spacial score (nSPS) is 32.3. The van der Waals surface area contributed by atoms with Gasteiger partial charge in [0.2, 0.25) is 0 Å². The van der Waals surface area contributed by atoms with Crippen LogP contribution in [0.25, 0.3) is 10.9 Å². The zero-order chi connectivity index (χ0) is 15.7. The number of H-pyrrole nitrogens is 1. The van der Waals surface area contributed by atoms with Gasteiger partial charge in [-0.25, -0.2) is 0 Å². The summed E-state index contributed by atoms with van der Waals surface area (Å²) in [7, 11) is 0. The van der Waals surface area contributed by atoms with Gasteiger partial charge in [0.1, 0.15) is 18.3 Å². The molecule has 0 aliphatic carbocycles. The minimum absolute atomic E-state index is 0.154. The molecule has 1 aliphatic rings. The highest BCUT2D eigenvalue weighted by atomic mass is 35.5. The van der Waals surface area contributed by atoms with Crippen LogP contribution >= 0.6 is 11.9 Å². The van der Waals surface area contributed by atoms with Crippen LogP contribution < -0.4 is 4.74 Å². The molecule has 4 N–H and O–H groups in total. The third kappa shape index (κ3) is 2.91. The molecule has 3 rings (SSSR count). The molecule has 0 amide bonds. The maximum atomic E-state index is 10.2. The van der Waals surface area contributed by atoms with Gasteiger partial charge in [0.25, 0.3) is 0 Å². The molecule has 1 saturated heterocycles. The zero-order valence-electron chi connectivity index (χ0n) is 11.4. The summed E-state index contributed by atoms with van der Waals surface area (Å²) in [5.41, 5.74) is 0.856. The first-order valence-electron chi connectivity index (χ1n) is 6.78. The quantitative estimate of drug-likeness (QED) is 0.652. The Morgan fingerprint density at radius 3 is 2.68 bits per heavy atom. The number of hydrogen-bond acceptors (Lipinski definition) is 6. The van der Waals surface area contributed by atoms with Crippen LogP contribution in [0.2, 0.25) is 0 Å². The van der Waals surface area contributed by atoms with E-state index in [9.17, 15) is 15.3 Å². The lowest BCUT2D eigenvalue weighted by Crippen LogP contribution is -2.60. The monoisotopic (exact) mass is 329 g/mol. The van der Waals surface area contributed by atoms with Crippen molar-refractivity contribution in [3.05, 3.63) is 30.3 Å². The molecule has 1 aromatic heterocycles. The molecule has 1 aliphatic heterocycles. The average Bonchev–Trinajstić information content (AvgIpc) is 2.92. The highest BCUT2D eigenvalue weighted by Crippen LogP contribution is 2.27. The average molecular weight is 330 g/mol. The van der Waals surface area contributed by atoms with Gasteiger partial charge in [-0.05, 0) is 6.07 Å². The van der Waals surface area contributed by atoms with E-state index in [0.29, 0.717) is 5.88 Å². The number of aliphatic hydroxyl groups excluding tert-OH is 3. The second kappa shape index (κ2) is 6.41. The van der Waals surface area contributed by atoms with Crippen molar-refractivity contribution in [1.29, 1.82) is 0 Å². The van der Waals surface area contributed by atoms with Crippen LogP contribution in [-0.4, -0.2) is 57.6 Å². The van der Waals surface area contributed by atoms with Gasteiger partial charge >= 0.3 is 0 Å². The van der Waals surface area contributed by atoms with Crippen molar-refractivity contribution >= 4 is 22.8 Å². The molecule has 1 aromatic carbocycles. The van der Waals surface area contributed by atoms with E-state index in [1.807, 2.05) is 24.3 Å². The Morgan fingerprint density at radius 1 is 1.18 bits per heavy atom. The predicted molar refractivity (Wildman–Crippen MR) is 77.4 cm³/mol. The molecular formula is C14H16ClNO6. The Hall–Kier alpha value is -1.35. The number of ether oxygens (including phenoxy) is 2. The first-order chi connectivity index (χ1) is 10.6. The number of nitrogens with one attached hydrogen (secondary N) is 1. The molecule has 2 aromatic rings. The molecule has 0 saturated carbocycles. The van der Waals surface area contributed by atoms with Gasteiger partial charge in [-0.3, -0.25) is 4.29 Å². The number of aromatic amines is 1. The van der Waals surface area contributed by atoms with Crippen LogP contribution in [0.4, 0.5) is 0 Å². The largest absolute Gasteiger partial charge is 0.470 e. The summed E-state index contributed by atoms with van der Waals surface area (Å²) in [5, 5.41) is 30.8. The fourth-order valence-electron chi connectivity index (χ4n) is 2.51. The third-order valence-corrected chi connectivity index (χ3v) is 3.78. The third-order valence-electron chi connectivity index (χ3n) is 3.66. The van der Waals surface area contributed by atoms with E-state index >= 15 is 0 Å². The van der Waals surface area contributed by atoms with Gasteiger partial charge in [-0.1, -0.05) is 18.2 Å². The fraction of sp³-hybridized carbons (Fsp3) is 0.429. The number of rotatable bonds is 4. The summed E-state index contributed by atoms with van der Waals surface area (Å²) >= 11 is 5.16. The van der Waals surface area contributed by atoms with E-state index in [1.165, 1.54) is 0 Å². The van der Waals surface area contributed by atoms with Gasteiger partial charge in [0.15, 0.2) is 18.3 Å². The van der Waals surface area contributed by atoms with Crippen molar-refractivity contribution in [2.45, 2.75) is 30.7 Å². The summed E-state index contributed by atoms with van der Waals surface area (Å²) in [6.07, 6.45) is -6.13. The van der Waals surface area contributed by atoms with Crippen LogP contribution in [0.3, 0.4) is 0 Å². The maximum Gasteiger partial charge on any atom is 0.192 e. The number of benzene rings is 1. The number of aliphatic hydroxyl groups is 3. The standard InChI is InChI=1S/C14H16ClNO6/c15-20-6-9-11(17)13(12(18)14(19)21-9)22-10-5-7-3-1-2-4-8(7)16-10/h1-5,9,11-14,16-19H,6H2/t9-,11-,12-,13+,14-/m1/s1. The Balaban J connectivity index is 1.81.